The maximum absolute atomic E-state index is 5.63. The lowest BCUT2D eigenvalue weighted by atomic mass is 10.2. The molecular formula is C13H19NO. The fourth-order valence-electron chi connectivity index (χ4n) is 2.07. The van der Waals surface area contributed by atoms with Gasteiger partial charge in [0.1, 0.15) is 0 Å². The van der Waals surface area contributed by atoms with Gasteiger partial charge in [-0.2, -0.15) is 0 Å². The smallest absolute Gasteiger partial charge is 0.0674 e. The molecule has 0 spiro atoms. The largest absolute Gasteiger partial charge is 0.377 e. The fraction of sp³-hybridized carbons (Fsp3) is 0.538. The first-order valence-corrected chi connectivity index (χ1v) is 5.72. The minimum Gasteiger partial charge on any atom is -0.377 e. The van der Waals surface area contributed by atoms with Gasteiger partial charge in [-0.1, -0.05) is 30.3 Å². The van der Waals surface area contributed by atoms with Crippen molar-refractivity contribution in [2.45, 2.75) is 26.0 Å². The Morgan fingerprint density at radius 1 is 1.33 bits per heavy atom. The van der Waals surface area contributed by atoms with Crippen LogP contribution in [0.25, 0.3) is 0 Å². The van der Waals surface area contributed by atoms with Crippen LogP contribution in [-0.4, -0.2) is 30.7 Å². The predicted octanol–water partition coefficient (Wildman–Crippen LogP) is 2.30. The summed E-state index contributed by atoms with van der Waals surface area (Å²) in [5.74, 6) is 0. The molecule has 2 nitrogen and oxygen atoms in total. The molecule has 1 fully saturated rings. The van der Waals surface area contributed by atoms with Gasteiger partial charge in [0.15, 0.2) is 0 Å². The van der Waals surface area contributed by atoms with Gasteiger partial charge >= 0.3 is 0 Å². The number of ether oxygens (including phenoxy) is 1. The van der Waals surface area contributed by atoms with E-state index in [1.54, 1.807) is 0 Å². The second kappa shape index (κ2) is 5.29. The Kier molecular flexibility index (Phi) is 3.75. The third-order valence-electron chi connectivity index (χ3n) is 2.79. The first-order valence-electron chi connectivity index (χ1n) is 5.72. The summed E-state index contributed by atoms with van der Waals surface area (Å²) >= 11 is 0. The zero-order valence-corrected chi connectivity index (χ0v) is 9.36. The van der Waals surface area contributed by atoms with Crippen LogP contribution in [0.2, 0.25) is 0 Å². The molecule has 0 aromatic heterocycles. The van der Waals surface area contributed by atoms with Crippen LogP contribution in [0.3, 0.4) is 0 Å². The van der Waals surface area contributed by atoms with Gasteiger partial charge in [0.05, 0.1) is 6.10 Å². The SMILES string of the molecule is C[C@@H]1CN(Cc2ccccc2)CCCO1. The van der Waals surface area contributed by atoms with Crippen LogP contribution in [0, 0.1) is 0 Å². The standard InChI is InChI=1S/C13H19NO/c1-12-10-14(8-5-9-15-12)11-13-6-3-2-4-7-13/h2-4,6-7,12H,5,8-11H2,1H3/t12-/m1/s1. The van der Waals surface area contributed by atoms with E-state index in [1.807, 2.05) is 0 Å². The van der Waals surface area contributed by atoms with Gasteiger partial charge in [0, 0.05) is 26.2 Å². The summed E-state index contributed by atoms with van der Waals surface area (Å²) < 4.78 is 5.63. The molecular weight excluding hydrogens is 186 g/mol. The van der Waals surface area contributed by atoms with Crippen molar-refractivity contribution >= 4 is 0 Å². The van der Waals surface area contributed by atoms with E-state index in [2.05, 4.69) is 42.2 Å². The zero-order chi connectivity index (χ0) is 10.5. The van der Waals surface area contributed by atoms with Gasteiger partial charge in [-0.05, 0) is 18.9 Å². The van der Waals surface area contributed by atoms with Crippen LogP contribution in [0.5, 0.6) is 0 Å². The van der Waals surface area contributed by atoms with Gasteiger partial charge in [-0.25, -0.2) is 0 Å². The van der Waals surface area contributed by atoms with Gasteiger partial charge in [-0.3, -0.25) is 4.90 Å². The maximum Gasteiger partial charge on any atom is 0.0674 e. The second-order valence-corrected chi connectivity index (χ2v) is 4.26. The Balaban J connectivity index is 1.93. The minimum absolute atomic E-state index is 0.371. The van der Waals surface area contributed by atoms with Crippen molar-refractivity contribution in [2.24, 2.45) is 0 Å². The predicted molar refractivity (Wildman–Crippen MR) is 61.8 cm³/mol. The second-order valence-electron chi connectivity index (χ2n) is 4.26. The Hall–Kier alpha value is -0.860. The van der Waals surface area contributed by atoms with Gasteiger partial charge < -0.3 is 4.74 Å². The van der Waals surface area contributed by atoms with Crippen molar-refractivity contribution in [3.63, 3.8) is 0 Å². The van der Waals surface area contributed by atoms with Crippen molar-refractivity contribution in [1.82, 2.24) is 4.90 Å². The lowest BCUT2D eigenvalue weighted by Crippen LogP contribution is -2.29. The molecule has 0 radical (unpaired) electrons. The molecule has 1 atom stereocenters. The molecule has 1 saturated heterocycles. The molecule has 1 aromatic rings. The third kappa shape index (κ3) is 3.33. The first kappa shape index (κ1) is 10.7. The van der Waals surface area contributed by atoms with E-state index in [4.69, 9.17) is 4.74 Å². The van der Waals surface area contributed by atoms with Crippen LogP contribution in [0.4, 0.5) is 0 Å². The minimum atomic E-state index is 0.371. The average Bonchev–Trinajstić information content (AvgIpc) is 2.44. The zero-order valence-electron chi connectivity index (χ0n) is 9.36. The Labute approximate surface area is 91.9 Å². The van der Waals surface area contributed by atoms with Gasteiger partial charge in [-0.15, -0.1) is 0 Å². The van der Waals surface area contributed by atoms with Crippen LogP contribution in [0.1, 0.15) is 18.9 Å². The van der Waals surface area contributed by atoms with E-state index in [0.717, 1.165) is 32.7 Å². The summed E-state index contributed by atoms with van der Waals surface area (Å²) in [5, 5.41) is 0. The molecule has 2 rings (SSSR count). The molecule has 0 unspecified atom stereocenters. The van der Waals surface area contributed by atoms with E-state index in [9.17, 15) is 0 Å². The molecule has 0 bridgehead atoms. The van der Waals surface area contributed by atoms with E-state index in [-0.39, 0.29) is 0 Å². The quantitative estimate of drug-likeness (QED) is 0.734. The van der Waals surface area contributed by atoms with Crippen molar-refractivity contribution < 1.29 is 4.74 Å². The number of benzene rings is 1. The van der Waals surface area contributed by atoms with Crippen molar-refractivity contribution in [3.05, 3.63) is 35.9 Å². The monoisotopic (exact) mass is 205 g/mol. The van der Waals surface area contributed by atoms with E-state index in [0.29, 0.717) is 6.10 Å². The highest BCUT2D eigenvalue weighted by Crippen LogP contribution is 2.10. The normalized spacial score (nSPS) is 23.7. The van der Waals surface area contributed by atoms with Crippen LogP contribution >= 0.6 is 0 Å². The molecule has 1 aromatic carbocycles. The molecule has 1 heterocycles. The average molecular weight is 205 g/mol. The van der Waals surface area contributed by atoms with Crippen LogP contribution in [0.15, 0.2) is 30.3 Å². The molecule has 2 heteroatoms. The van der Waals surface area contributed by atoms with Crippen LogP contribution < -0.4 is 0 Å². The number of nitrogens with zero attached hydrogens (tertiary/aromatic N) is 1. The van der Waals surface area contributed by atoms with Crippen molar-refractivity contribution in [1.29, 1.82) is 0 Å². The van der Waals surface area contributed by atoms with E-state index < -0.39 is 0 Å². The van der Waals surface area contributed by atoms with Crippen molar-refractivity contribution in [2.75, 3.05) is 19.7 Å². The number of hydrogen-bond acceptors (Lipinski definition) is 2. The molecule has 0 amide bonds. The summed E-state index contributed by atoms with van der Waals surface area (Å²) in [6.45, 7) is 6.32. The fourth-order valence-corrected chi connectivity index (χ4v) is 2.07. The molecule has 0 aliphatic carbocycles. The van der Waals surface area contributed by atoms with Gasteiger partial charge in [0.2, 0.25) is 0 Å². The summed E-state index contributed by atoms with van der Waals surface area (Å²) in [6.07, 6.45) is 1.52. The van der Waals surface area contributed by atoms with E-state index in [1.165, 1.54) is 5.56 Å². The lowest BCUT2D eigenvalue weighted by Gasteiger charge is -2.21. The highest BCUT2D eigenvalue weighted by atomic mass is 16.5. The third-order valence-corrected chi connectivity index (χ3v) is 2.79. The molecule has 0 saturated carbocycles. The number of rotatable bonds is 2. The van der Waals surface area contributed by atoms with Crippen molar-refractivity contribution in [3.8, 4) is 0 Å². The Morgan fingerprint density at radius 3 is 2.93 bits per heavy atom. The highest BCUT2D eigenvalue weighted by Gasteiger charge is 2.14. The summed E-state index contributed by atoms with van der Waals surface area (Å²) in [6, 6.07) is 10.7. The van der Waals surface area contributed by atoms with E-state index >= 15 is 0 Å². The van der Waals surface area contributed by atoms with Gasteiger partial charge in [0.25, 0.3) is 0 Å². The summed E-state index contributed by atoms with van der Waals surface area (Å²) in [5.41, 5.74) is 1.40. The Morgan fingerprint density at radius 2 is 2.13 bits per heavy atom. The first-order chi connectivity index (χ1) is 7.34. The maximum atomic E-state index is 5.63. The molecule has 0 N–H and O–H groups in total. The number of hydrogen-bond donors (Lipinski definition) is 0. The summed E-state index contributed by atoms with van der Waals surface area (Å²) in [7, 11) is 0. The molecule has 1 aliphatic rings. The highest BCUT2D eigenvalue weighted by molar-refractivity contribution is 5.14. The summed E-state index contributed by atoms with van der Waals surface area (Å²) in [4.78, 5) is 2.48. The lowest BCUT2D eigenvalue weighted by molar-refractivity contribution is 0.0668. The molecule has 82 valence electrons. The van der Waals surface area contributed by atoms with Crippen LogP contribution in [-0.2, 0) is 11.3 Å². The topological polar surface area (TPSA) is 12.5 Å². The Bertz CT molecular complexity index is 286. The molecule has 1 aliphatic heterocycles. The molecule has 15 heavy (non-hydrogen) atoms.